The molecule has 1 atom stereocenters. The lowest BCUT2D eigenvalue weighted by Crippen LogP contribution is -2.30. The number of unbranched alkanes of at least 4 members (excludes halogenated alkanes) is 4. The lowest BCUT2D eigenvalue weighted by Gasteiger charge is -2.25. The van der Waals surface area contributed by atoms with Gasteiger partial charge in [-0.15, -0.1) is 0 Å². The number of halogens is 1. The molecule has 2 nitrogen and oxygen atoms in total. The number of hydrogen-bond acceptors (Lipinski definition) is 2. The maximum Gasteiger partial charge on any atom is 0.0917 e. The van der Waals surface area contributed by atoms with Crippen LogP contribution >= 0.6 is 11.6 Å². The Bertz CT molecular complexity index is 913. The lowest BCUT2D eigenvalue weighted by molar-refractivity contribution is 0.110. The van der Waals surface area contributed by atoms with Gasteiger partial charge in [0.25, 0.3) is 0 Å². The standard InChI is InChI=1S/C26H34ClNO/c1-3-5-7-15-28(16-8-6-4-2)19-26(29)22-12-11-20-9-10-21-13-14-23(27)18-25(21)24(20)17-22/h9-14,17-18,26,29H,3-8,15-16,19H2,1-2H3. The molecule has 0 heterocycles. The number of aliphatic hydroxyl groups is 1. The second-order valence-electron chi connectivity index (χ2n) is 8.14. The molecule has 3 rings (SSSR count). The summed E-state index contributed by atoms with van der Waals surface area (Å²) in [5.41, 5.74) is 0.987. The van der Waals surface area contributed by atoms with Crippen LogP contribution < -0.4 is 0 Å². The largest absolute Gasteiger partial charge is 0.387 e. The van der Waals surface area contributed by atoms with Crippen molar-refractivity contribution in [2.45, 2.75) is 58.5 Å². The molecule has 0 saturated heterocycles. The molecule has 0 aromatic heterocycles. The van der Waals surface area contributed by atoms with Gasteiger partial charge in [-0.1, -0.05) is 81.5 Å². The Morgan fingerprint density at radius 2 is 1.34 bits per heavy atom. The summed E-state index contributed by atoms with van der Waals surface area (Å²) in [6.45, 7) is 7.32. The summed E-state index contributed by atoms with van der Waals surface area (Å²) in [5.74, 6) is 0. The predicted octanol–water partition coefficient (Wildman–Crippen LogP) is 7.36. The van der Waals surface area contributed by atoms with Gasteiger partial charge in [-0.05, 0) is 71.2 Å². The molecule has 3 aromatic rings. The van der Waals surface area contributed by atoms with Crippen LogP contribution in [0.3, 0.4) is 0 Å². The molecule has 0 aliphatic heterocycles. The number of nitrogens with zero attached hydrogens (tertiary/aromatic N) is 1. The molecule has 3 heteroatoms. The second-order valence-corrected chi connectivity index (χ2v) is 8.58. The van der Waals surface area contributed by atoms with E-state index in [0.717, 1.165) is 34.4 Å². The predicted molar refractivity (Wildman–Crippen MR) is 127 cm³/mol. The molecule has 0 spiro atoms. The molecular formula is C26H34ClNO. The van der Waals surface area contributed by atoms with Crippen LogP contribution in [0.2, 0.25) is 5.02 Å². The molecule has 29 heavy (non-hydrogen) atoms. The molecule has 0 aliphatic rings. The van der Waals surface area contributed by atoms with Gasteiger partial charge >= 0.3 is 0 Å². The molecule has 0 fully saturated rings. The first kappa shape index (κ1) is 22.1. The van der Waals surface area contributed by atoms with E-state index in [4.69, 9.17) is 11.6 Å². The first-order chi connectivity index (χ1) is 14.1. The SMILES string of the molecule is CCCCCN(CCCCC)CC(O)c1ccc2ccc3ccc(Cl)cc3c2c1. The van der Waals surface area contributed by atoms with Gasteiger partial charge in [0, 0.05) is 11.6 Å². The van der Waals surface area contributed by atoms with Crippen molar-refractivity contribution < 1.29 is 5.11 Å². The maximum absolute atomic E-state index is 11.0. The van der Waals surface area contributed by atoms with Crippen molar-refractivity contribution in [3.8, 4) is 0 Å². The normalized spacial score (nSPS) is 12.9. The summed E-state index contributed by atoms with van der Waals surface area (Å²) >= 11 is 6.26. The van der Waals surface area contributed by atoms with Gasteiger partial charge < -0.3 is 10.0 Å². The van der Waals surface area contributed by atoms with E-state index in [2.05, 4.69) is 55.1 Å². The molecule has 0 radical (unpaired) electrons. The molecule has 156 valence electrons. The minimum atomic E-state index is -0.475. The fourth-order valence-electron chi connectivity index (χ4n) is 4.06. The zero-order valence-electron chi connectivity index (χ0n) is 17.8. The Hall–Kier alpha value is -1.61. The Kier molecular flexibility index (Phi) is 8.35. The Morgan fingerprint density at radius 3 is 1.97 bits per heavy atom. The van der Waals surface area contributed by atoms with Crippen LogP contribution in [0.15, 0.2) is 48.5 Å². The molecular weight excluding hydrogens is 378 g/mol. The second kappa shape index (κ2) is 11.0. The fraction of sp³-hybridized carbons (Fsp3) is 0.462. The Labute approximate surface area is 180 Å². The number of rotatable bonds is 11. The third-order valence-corrected chi connectivity index (χ3v) is 6.03. The average molecular weight is 412 g/mol. The summed E-state index contributed by atoms with van der Waals surface area (Å²) in [7, 11) is 0. The highest BCUT2D eigenvalue weighted by molar-refractivity contribution is 6.31. The third kappa shape index (κ3) is 5.94. The van der Waals surface area contributed by atoms with E-state index in [0.29, 0.717) is 6.54 Å². The molecule has 1 unspecified atom stereocenters. The molecule has 0 saturated carbocycles. The summed E-state index contributed by atoms with van der Waals surface area (Å²) in [6, 6.07) is 16.6. The van der Waals surface area contributed by atoms with Crippen molar-refractivity contribution in [3.63, 3.8) is 0 Å². The quantitative estimate of drug-likeness (QED) is 0.263. The van der Waals surface area contributed by atoms with E-state index in [1.165, 1.54) is 49.3 Å². The van der Waals surface area contributed by atoms with Gasteiger partial charge in [-0.25, -0.2) is 0 Å². The highest BCUT2D eigenvalue weighted by Gasteiger charge is 2.14. The number of aliphatic hydroxyl groups excluding tert-OH is 1. The summed E-state index contributed by atoms with van der Waals surface area (Å²) < 4.78 is 0. The lowest BCUT2D eigenvalue weighted by atomic mass is 9.98. The maximum atomic E-state index is 11.0. The summed E-state index contributed by atoms with van der Waals surface area (Å²) in [6.07, 6.45) is 6.90. The third-order valence-electron chi connectivity index (χ3n) is 5.80. The average Bonchev–Trinajstić information content (AvgIpc) is 2.73. The van der Waals surface area contributed by atoms with Gasteiger partial charge in [-0.3, -0.25) is 0 Å². The molecule has 0 aliphatic carbocycles. The van der Waals surface area contributed by atoms with E-state index in [-0.39, 0.29) is 0 Å². The first-order valence-corrected chi connectivity index (χ1v) is 11.5. The van der Waals surface area contributed by atoms with E-state index in [9.17, 15) is 5.11 Å². The van der Waals surface area contributed by atoms with Crippen LogP contribution in [0.1, 0.15) is 64.0 Å². The molecule has 3 aromatic carbocycles. The monoisotopic (exact) mass is 411 g/mol. The van der Waals surface area contributed by atoms with E-state index in [1.54, 1.807) is 0 Å². The topological polar surface area (TPSA) is 23.5 Å². The fourth-order valence-corrected chi connectivity index (χ4v) is 4.23. The van der Waals surface area contributed by atoms with Crippen LogP contribution in [0.25, 0.3) is 21.5 Å². The van der Waals surface area contributed by atoms with E-state index in [1.807, 2.05) is 12.1 Å². The number of fused-ring (bicyclic) bond motifs is 3. The molecule has 0 bridgehead atoms. The van der Waals surface area contributed by atoms with Gasteiger partial charge in [0.15, 0.2) is 0 Å². The zero-order chi connectivity index (χ0) is 20.6. The summed E-state index contributed by atoms with van der Waals surface area (Å²) in [4.78, 5) is 2.44. The number of benzene rings is 3. The van der Waals surface area contributed by atoms with Crippen molar-refractivity contribution in [2.75, 3.05) is 19.6 Å². The van der Waals surface area contributed by atoms with Crippen molar-refractivity contribution in [3.05, 3.63) is 59.1 Å². The Morgan fingerprint density at radius 1 is 0.793 bits per heavy atom. The van der Waals surface area contributed by atoms with Gasteiger partial charge in [-0.2, -0.15) is 0 Å². The van der Waals surface area contributed by atoms with E-state index < -0.39 is 6.10 Å². The smallest absolute Gasteiger partial charge is 0.0917 e. The van der Waals surface area contributed by atoms with Crippen LogP contribution in [0.5, 0.6) is 0 Å². The van der Waals surface area contributed by atoms with Gasteiger partial charge in [0.05, 0.1) is 6.10 Å². The zero-order valence-corrected chi connectivity index (χ0v) is 18.6. The molecule has 1 N–H and O–H groups in total. The van der Waals surface area contributed by atoms with Gasteiger partial charge in [0.2, 0.25) is 0 Å². The Balaban J connectivity index is 1.81. The van der Waals surface area contributed by atoms with Crippen LogP contribution in [0, 0.1) is 0 Å². The van der Waals surface area contributed by atoms with E-state index >= 15 is 0 Å². The number of hydrogen-bond donors (Lipinski definition) is 1. The highest BCUT2D eigenvalue weighted by atomic mass is 35.5. The minimum absolute atomic E-state index is 0.475. The first-order valence-electron chi connectivity index (χ1n) is 11.1. The van der Waals surface area contributed by atoms with Gasteiger partial charge in [0.1, 0.15) is 0 Å². The van der Waals surface area contributed by atoms with Crippen molar-refractivity contribution in [1.82, 2.24) is 4.90 Å². The minimum Gasteiger partial charge on any atom is -0.387 e. The van der Waals surface area contributed by atoms with Crippen molar-refractivity contribution >= 4 is 33.1 Å². The van der Waals surface area contributed by atoms with Crippen LogP contribution in [-0.4, -0.2) is 29.6 Å². The van der Waals surface area contributed by atoms with Crippen molar-refractivity contribution in [2.24, 2.45) is 0 Å². The van der Waals surface area contributed by atoms with Crippen LogP contribution in [0.4, 0.5) is 0 Å². The summed E-state index contributed by atoms with van der Waals surface area (Å²) in [5, 5.41) is 16.4. The van der Waals surface area contributed by atoms with Crippen molar-refractivity contribution in [1.29, 1.82) is 0 Å². The molecule has 0 amide bonds. The van der Waals surface area contributed by atoms with Crippen LogP contribution in [-0.2, 0) is 0 Å². The highest BCUT2D eigenvalue weighted by Crippen LogP contribution is 2.30.